The molecule has 1 heterocycles. The fraction of sp³-hybridized carbons (Fsp3) is 0.375. The first-order chi connectivity index (χ1) is 9.65. The van der Waals surface area contributed by atoms with Gasteiger partial charge in [-0.05, 0) is 49.7 Å². The van der Waals surface area contributed by atoms with E-state index in [9.17, 15) is 0 Å². The predicted octanol–water partition coefficient (Wildman–Crippen LogP) is 5.14. The van der Waals surface area contributed by atoms with Gasteiger partial charge in [0.2, 0.25) is 0 Å². The first-order valence-electron chi connectivity index (χ1n) is 6.82. The molecule has 0 saturated carbocycles. The van der Waals surface area contributed by atoms with Gasteiger partial charge in [-0.25, -0.2) is 0 Å². The van der Waals surface area contributed by atoms with E-state index in [-0.39, 0.29) is 0 Å². The molecule has 20 heavy (non-hydrogen) atoms. The van der Waals surface area contributed by atoms with Crippen LogP contribution in [0.2, 0.25) is 5.02 Å². The third kappa shape index (κ3) is 3.54. The molecule has 0 saturated heterocycles. The van der Waals surface area contributed by atoms with Gasteiger partial charge >= 0.3 is 0 Å². The van der Waals surface area contributed by atoms with Crippen LogP contribution in [0.1, 0.15) is 31.2 Å². The SMILES string of the molecule is CCCNC(C)c1ccc(-c2ccc(Cl)c(OC)c2)s1. The number of nitrogens with one attached hydrogen (secondary N) is 1. The molecule has 2 aromatic rings. The maximum atomic E-state index is 6.07. The smallest absolute Gasteiger partial charge is 0.138 e. The van der Waals surface area contributed by atoms with Gasteiger partial charge in [0.15, 0.2) is 0 Å². The Bertz CT molecular complexity index is 567. The Balaban J connectivity index is 2.20. The van der Waals surface area contributed by atoms with E-state index in [1.807, 2.05) is 29.5 Å². The van der Waals surface area contributed by atoms with Crippen molar-refractivity contribution in [3.05, 3.63) is 40.2 Å². The second kappa shape index (κ2) is 7.11. The Labute approximate surface area is 129 Å². The summed E-state index contributed by atoms with van der Waals surface area (Å²) >= 11 is 7.87. The number of hydrogen-bond acceptors (Lipinski definition) is 3. The highest BCUT2D eigenvalue weighted by Crippen LogP contribution is 2.35. The third-order valence-electron chi connectivity index (χ3n) is 3.19. The van der Waals surface area contributed by atoms with Crippen LogP contribution in [0.4, 0.5) is 0 Å². The highest BCUT2D eigenvalue weighted by Gasteiger charge is 2.10. The van der Waals surface area contributed by atoms with Gasteiger partial charge in [0.25, 0.3) is 0 Å². The number of ether oxygens (including phenoxy) is 1. The van der Waals surface area contributed by atoms with Crippen LogP contribution < -0.4 is 10.1 Å². The third-order valence-corrected chi connectivity index (χ3v) is 4.82. The van der Waals surface area contributed by atoms with Gasteiger partial charge < -0.3 is 10.1 Å². The summed E-state index contributed by atoms with van der Waals surface area (Å²) in [4.78, 5) is 2.59. The lowest BCUT2D eigenvalue weighted by molar-refractivity contribution is 0.415. The summed E-state index contributed by atoms with van der Waals surface area (Å²) in [5, 5.41) is 4.15. The van der Waals surface area contributed by atoms with Crippen LogP contribution in [0, 0.1) is 0 Å². The molecule has 2 nitrogen and oxygen atoms in total. The van der Waals surface area contributed by atoms with Gasteiger partial charge in [-0.1, -0.05) is 24.6 Å². The molecule has 0 fully saturated rings. The van der Waals surface area contributed by atoms with Crippen molar-refractivity contribution in [2.75, 3.05) is 13.7 Å². The molecule has 0 bridgehead atoms. The average Bonchev–Trinajstić information content (AvgIpc) is 2.95. The van der Waals surface area contributed by atoms with Crippen LogP contribution in [-0.2, 0) is 0 Å². The van der Waals surface area contributed by atoms with E-state index in [4.69, 9.17) is 16.3 Å². The van der Waals surface area contributed by atoms with Crippen molar-refractivity contribution >= 4 is 22.9 Å². The van der Waals surface area contributed by atoms with E-state index >= 15 is 0 Å². The zero-order valence-corrected chi connectivity index (χ0v) is 13.6. The lowest BCUT2D eigenvalue weighted by Gasteiger charge is -2.10. The summed E-state index contributed by atoms with van der Waals surface area (Å²) in [7, 11) is 1.64. The lowest BCUT2D eigenvalue weighted by atomic mass is 10.2. The molecular formula is C16H20ClNOS. The molecule has 0 amide bonds. The fourth-order valence-corrected chi connectivity index (χ4v) is 3.24. The number of halogens is 1. The Hall–Kier alpha value is -1.03. The van der Waals surface area contributed by atoms with Crippen LogP contribution in [0.5, 0.6) is 5.75 Å². The molecular weight excluding hydrogens is 290 g/mol. The largest absolute Gasteiger partial charge is 0.495 e. The monoisotopic (exact) mass is 309 g/mol. The molecule has 0 radical (unpaired) electrons. The number of hydrogen-bond donors (Lipinski definition) is 1. The lowest BCUT2D eigenvalue weighted by Crippen LogP contribution is -2.18. The number of rotatable bonds is 6. The van der Waals surface area contributed by atoms with Crippen LogP contribution in [0.25, 0.3) is 10.4 Å². The minimum atomic E-state index is 0.392. The molecule has 108 valence electrons. The Morgan fingerprint density at radius 3 is 2.80 bits per heavy atom. The molecule has 1 N–H and O–H groups in total. The summed E-state index contributed by atoms with van der Waals surface area (Å²) in [5.74, 6) is 0.719. The normalized spacial score (nSPS) is 12.4. The van der Waals surface area contributed by atoms with Crippen LogP contribution >= 0.6 is 22.9 Å². The minimum Gasteiger partial charge on any atom is -0.495 e. The predicted molar refractivity (Wildman–Crippen MR) is 88.0 cm³/mol. The van der Waals surface area contributed by atoms with E-state index in [1.54, 1.807) is 7.11 Å². The highest BCUT2D eigenvalue weighted by molar-refractivity contribution is 7.15. The molecule has 0 aliphatic rings. The van der Waals surface area contributed by atoms with E-state index in [2.05, 4.69) is 31.3 Å². The summed E-state index contributed by atoms with van der Waals surface area (Å²) in [6, 6.07) is 10.6. The second-order valence-electron chi connectivity index (χ2n) is 4.73. The van der Waals surface area contributed by atoms with Gasteiger partial charge in [0.1, 0.15) is 5.75 Å². The van der Waals surface area contributed by atoms with Gasteiger partial charge in [-0.15, -0.1) is 11.3 Å². The molecule has 0 aliphatic heterocycles. The summed E-state index contributed by atoms with van der Waals surface area (Å²) < 4.78 is 5.27. The van der Waals surface area contributed by atoms with Crippen molar-refractivity contribution in [1.29, 1.82) is 0 Å². The van der Waals surface area contributed by atoms with Gasteiger partial charge in [-0.2, -0.15) is 0 Å². The maximum absolute atomic E-state index is 6.07. The van der Waals surface area contributed by atoms with Crippen LogP contribution in [-0.4, -0.2) is 13.7 Å². The first kappa shape index (κ1) is 15.4. The second-order valence-corrected chi connectivity index (χ2v) is 6.25. The van der Waals surface area contributed by atoms with Crippen molar-refractivity contribution in [1.82, 2.24) is 5.32 Å². The van der Waals surface area contributed by atoms with E-state index in [0.717, 1.165) is 24.3 Å². The molecule has 1 atom stereocenters. The topological polar surface area (TPSA) is 21.3 Å². The average molecular weight is 310 g/mol. The van der Waals surface area contributed by atoms with Gasteiger partial charge in [0, 0.05) is 15.8 Å². The van der Waals surface area contributed by atoms with Crippen molar-refractivity contribution < 1.29 is 4.74 Å². The number of benzene rings is 1. The van der Waals surface area contributed by atoms with Crippen LogP contribution in [0.15, 0.2) is 30.3 Å². The van der Waals surface area contributed by atoms with Crippen LogP contribution in [0.3, 0.4) is 0 Å². The summed E-state index contributed by atoms with van der Waals surface area (Å²) in [6.45, 7) is 5.43. The van der Waals surface area contributed by atoms with E-state index < -0.39 is 0 Å². The van der Waals surface area contributed by atoms with Crippen molar-refractivity contribution in [3.63, 3.8) is 0 Å². The Morgan fingerprint density at radius 1 is 1.30 bits per heavy atom. The van der Waals surface area contributed by atoms with E-state index in [1.165, 1.54) is 9.75 Å². The number of methoxy groups -OCH3 is 1. The standard InChI is InChI=1S/C16H20ClNOS/c1-4-9-18-11(2)15-7-8-16(20-15)12-5-6-13(17)14(10-12)19-3/h5-8,10-11,18H,4,9H2,1-3H3. The Kier molecular flexibility index (Phi) is 5.46. The van der Waals surface area contributed by atoms with Gasteiger partial charge in [0.05, 0.1) is 12.1 Å². The zero-order valence-electron chi connectivity index (χ0n) is 12.1. The summed E-state index contributed by atoms with van der Waals surface area (Å²) in [6.07, 6.45) is 1.15. The van der Waals surface area contributed by atoms with Crippen molar-refractivity contribution in [2.45, 2.75) is 26.3 Å². The molecule has 1 aromatic carbocycles. The fourth-order valence-electron chi connectivity index (χ4n) is 2.02. The quantitative estimate of drug-likeness (QED) is 0.798. The Morgan fingerprint density at radius 2 is 2.10 bits per heavy atom. The zero-order chi connectivity index (χ0) is 14.5. The van der Waals surface area contributed by atoms with E-state index in [0.29, 0.717) is 11.1 Å². The maximum Gasteiger partial charge on any atom is 0.138 e. The van der Waals surface area contributed by atoms with Crippen molar-refractivity contribution in [2.24, 2.45) is 0 Å². The highest BCUT2D eigenvalue weighted by atomic mass is 35.5. The van der Waals surface area contributed by atoms with Crippen molar-refractivity contribution in [3.8, 4) is 16.2 Å². The minimum absolute atomic E-state index is 0.392. The number of thiophene rings is 1. The molecule has 2 rings (SSSR count). The first-order valence-corrected chi connectivity index (χ1v) is 8.02. The molecule has 4 heteroatoms. The molecule has 1 unspecified atom stereocenters. The summed E-state index contributed by atoms with van der Waals surface area (Å²) in [5.41, 5.74) is 1.14. The molecule has 1 aromatic heterocycles. The molecule has 0 aliphatic carbocycles. The van der Waals surface area contributed by atoms with Gasteiger partial charge in [-0.3, -0.25) is 0 Å². The molecule has 0 spiro atoms.